The number of amides is 1. The Morgan fingerprint density at radius 1 is 1.39 bits per heavy atom. The number of aromatic nitrogens is 1. The lowest BCUT2D eigenvalue weighted by Crippen LogP contribution is -2.44. The predicted molar refractivity (Wildman–Crippen MR) is 117 cm³/mol. The molecular formula is C20H37N3O3SSi. The highest BCUT2D eigenvalue weighted by atomic mass is 32.1. The van der Waals surface area contributed by atoms with Crippen molar-refractivity contribution in [2.45, 2.75) is 84.3 Å². The summed E-state index contributed by atoms with van der Waals surface area (Å²) in [5.74, 6) is 0. The molecule has 0 bridgehead atoms. The van der Waals surface area contributed by atoms with Crippen LogP contribution in [-0.2, 0) is 15.7 Å². The van der Waals surface area contributed by atoms with Crippen molar-refractivity contribution in [2.75, 3.05) is 19.7 Å². The highest BCUT2D eigenvalue weighted by Crippen LogP contribution is 2.40. The zero-order valence-electron chi connectivity index (χ0n) is 18.5. The van der Waals surface area contributed by atoms with E-state index in [0.717, 1.165) is 37.5 Å². The summed E-state index contributed by atoms with van der Waals surface area (Å²) in [6.45, 7) is 18.0. The van der Waals surface area contributed by atoms with Crippen molar-refractivity contribution in [3.63, 3.8) is 0 Å². The molecule has 1 aromatic heterocycles. The third-order valence-electron chi connectivity index (χ3n) is 5.78. The summed E-state index contributed by atoms with van der Waals surface area (Å²) >= 11 is 1.73. The number of carbonyl (C=O) groups is 1. The topological polar surface area (TPSA) is 63.7 Å². The van der Waals surface area contributed by atoms with Crippen LogP contribution in [0.25, 0.3) is 0 Å². The zero-order valence-corrected chi connectivity index (χ0v) is 20.3. The molecule has 0 saturated carbocycles. The SMILES string of the molecule is CCOC(=O)N1CCC(NCc2cnc(C(C)O[Si](C)(C)C(C)(C)C)s2)CC1. The van der Waals surface area contributed by atoms with Gasteiger partial charge >= 0.3 is 6.09 Å². The average Bonchev–Trinajstić information content (AvgIpc) is 3.08. The summed E-state index contributed by atoms with van der Waals surface area (Å²) in [6, 6.07) is 0.428. The Hall–Kier alpha value is -0.963. The number of nitrogens with zero attached hydrogens (tertiary/aromatic N) is 2. The van der Waals surface area contributed by atoms with Gasteiger partial charge in [0.25, 0.3) is 0 Å². The van der Waals surface area contributed by atoms with Crippen LogP contribution in [0.4, 0.5) is 4.79 Å². The fraction of sp³-hybridized carbons (Fsp3) is 0.800. The Morgan fingerprint density at radius 3 is 2.61 bits per heavy atom. The number of hydrogen-bond acceptors (Lipinski definition) is 6. The van der Waals surface area contributed by atoms with E-state index in [2.05, 4.69) is 51.1 Å². The van der Waals surface area contributed by atoms with E-state index in [9.17, 15) is 4.79 Å². The molecule has 0 spiro atoms. The van der Waals surface area contributed by atoms with Gasteiger partial charge in [-0.25, -0.2) is 9.78 Å². The van der Waals surface area contributed by atoms with Gasteiger partial charge in [0, 0.05) is 36.8 Å². The second kappa shape index (κ2) is 9.69. The van der Waals surface area contributed by atoms with Crippen LogP contribution in [0.1, 0.15) is 63.4 Å². The molecule has 1 aliphatic heterocycles. The van der Waals surface area contributed by atoms with Crippen LogP contribution >= 0.6 is 11.3 Å². The van der Waals surface area contributed by atoms with Crippen LogP contribution in [0.5, 0.6) is 0 Å². The van der Waals surface area contributed by atoms with E-state index in [1.165, 1.54) is 4.88 Å². The highest BCUT2D eigenvalue weighted by Gasteiger charge is 2.39. The van der Waals surface area contributed by atoms with Crippen molar-refractivity contribution in [3.05, 3.63) is 16.1 Å². The maximum atomic E-state index is 11.8. The fourth-order valence-electron chi connectivity index (χ4n) is 2.99. The van der Waals surface area contributed by atoms with E-state index in [4.69, 9.17) is 9.16 Å². The molecule has 6 nitrogen and oxygen atoms in total. The minimum absolute atomic E-state index is 0.0347. The first-order valence-electron chi connectivity index (χ1n) is 10.3. The third kappa shape index (κ3) is 6.27. The van der Waals surface area contributed by atoms with Gasteiger partial charge in [0.15, 0.2) is 8.32 Å². The van der Waals surface area contributed by atoms with Crippen LogP contribution in [0, 0.1) is 0 Å². The molecule has 0 radical (unpaired) electrons. The van der Waals surface area contributed by atoms with Gasteiger partial charge in [-0.1, -0.05) is 20.8 Å². The average molecular weight is 428 g/mol. The molecule has 0 aromatic carbocycles. The summed E-state index contributed by atoms with van der Waals surface area (Å²) in [5.41, 5.74) is 0. The van der Waals surface area contributed by atoms with Gasteiger partial charge in [0.2, 0.25) is 0 Å². The highest BCUT2D eigenvalue weighted by molar-refractivity contribution is 7.11. The van der Waals surface area contributed by atoms with Crippen LogP contribution < -0.4 is 5.32 Å². The normalized spacial score (nSPS) is 17.6. The van der Waals surface area contributed by atoms with E-state index >= 15 is 0 Å². The number of hydrogen-bond donors (Lipinski definition) is 1. The number of likely N-dealkylation sites (tertiary alicyclic amines) is 1. The lowest BCUT2D eigenvalue weighted by Gasteiger charge is -2.38. The van der Waals surface area contributed by atoms with Gasteiger partial charge in [0.05, 0.1) is 12.7 Å². The Labute approximate surface area is 175 Å². The second-order valence-corrected chi connectivity index (χ2v) is 14.9. The Bertz CT molecular complexity index is 637. The molecule has 160 valence electrons. The van der Waals surface area contributed by atoms with E-state index in [0.29, 0.717) is 12.6 Å². The summed E-state index contributed by atoms with van der Waals surface area (Å²) in [7, 11) is -1.80. The summed E-state index contributed by atoms with van der Waals surface area (Å²) in [4.78, 5) is 19.4. The quantitative estimate of drug-likeness (QED) is 0.625. The first-order chi connectivity index (χ1) is 13.0. The Kier molecular flexibility index (Phi) is 8.07. The van der Waals surface area contributed by atoms with Gasteiger partial charge in [-0.3, -0.25) is 0 Å². The molecule has 28 heavy (non-hydrogen) atoms. The van der Waals surface area contributed by atoms with E-state index < -0.39 is 8.32 Å². The summed E-state index contributed by atoms with van der Waals surface area (Å²) < 4.78 is 11.5. The zero-order chi connectivity index (χ0) is 20.9. The van der Waals surface area contributed by atoms with E-state index in [1.807, 2.05) is 13.1 Å². The fourth-order valence-corrected chi connectivity index (χ4v) is 5.27. The molecule has 8 heteroatoms. The number of ether oxygens (including phenoxy) is 1. The number of carbonyl (C=O) groups excluding carboxylic acids is 1. The van der Waals surface area contributed by atoms with Crippen molar-refractivity contribution >= 4 is 25.7 Å². The molecule has 2 heterocycles. The lowest BCUT2D eigenvalue weighted by molar-refractivity contribution is 0.0950. The summed E-state index contributed by atoms with van der Waals surface area (Å²) in [5, 5.41) is 4.86. The van der Waals surface area contributed by atoms with Crippen molar-refractivity contribution in [2.24, 2.45) is 0 Å². The molecule has 1 fully saturated rings. The molecule has 1 aliphatic rings. The molecule has 1 N–H and O–H groups in total. The second-order valence-electron chi connectivity index (χ2n) is 9.03. The van der Waals surface area contributed by atoms with E-state index in [1.54, 1.807) is 16.2 Å². The first-order valence-corrected chi connectivity index (χ1v) is 14.0. The van der Waals surface area contributed by atoms with Gasteiger partial charge in [-0.2, -0.15) is 0 Å². The van der Waals surface area contributed by atoms with Crippen LogP contribution in [0.2, 0.25) is 18.1 Å². The maximum Gasteiger partial charge on any atom is 0.409 e. The van der Waals surface area contributed by atoms with Gasteiger partial charge in [-0.15, -0.1) is 11.3 Å². The molecular weight excluding hydrogens is 390 g/mol. The number of nitrogens with one attached hydrogen (secondary N) is 1. The number of piperidine rings is 1. The van der Waals surface area contributed by atoms with E-state index in [-0.39, 0.29) is 17.2 Å². The Balaban J connectivity index is 1.80. The van der Waals surface area contributed by atoms with Gasteiger partial charge in [-0.05, 0) is 44.8 Å². The van der Waals surface area contributed by atoms with Crippen LogP contribution in [-0.4, -0.2) is 50.0 Å². The smallest absolute Gasteiger partial charge is 0.409 e. The molecule has 1 aromatic rings. The standard InChI is InChI=1S/C20H37N3O3SSi/c1-8-25-19(24)23-11-9-16(10-12-23)21-13-17-14-22-18(27-17)15(2)26-28(6,7)20(3,4)5/h14-16,21H,8-13H2,1-7H3. The maximum absolute atomic E-state index is 11.8. The predicted octanol–water partition coefficient (Wildman–Crippen LogP) is 4.94. The van der Waals surface area contributed by atoms with Crippen molar-refractivity contribution in [3.8, 4) is 0 Å². The lowest BCUT2D eigenvalue weighted by atomic mass is 10.1. The molecule has 1 saturated heterocycles. The minimum Gasteiger partial charge on any atom is -0.450 e. The van der Waals surface area contributed by atoms with Crippen LogP contribution in [0.3, 0.4) is 0 Å². The van der Waals surface area contributed by atoms with Crippen molar-refractivity contribution in [1.29, 1.82) is 0 Å². The number of rotatable bonds is 7. The first kappa shape index (κ1) is 23.3. The number of thiazole rings is 1. The molecule has 1 unspecified atom stereocenters. The molecule has 0 aliphatic carbocycles. The molecule has 1 atom stereocenters. The molecule has 1 amide bonds. The minimum atomic E-state index is -1.80. The monoisotopic (exact) mass is 427 g/mol. The van der Waals surface area contributed by atoms with Gasteiger partial charge in [0.1, 0.15) is 5.01 Å². The third-order valence-corrected chi connectivity index (χ3v) is 11.5. The van der Waals surface area contributed by atoms with Gasteiger partial charge < -0.3 is 19.4 Å². The molecule has 2 rings (SSSR count). The van der Waals surface area contributed by atoms with Crippen molar-refractivity contribution < 1.29 is 14.0 Å². The van der Waals surface area contributed by atoms with Crippen molar-refractivity contribution in [1.82, 2.24) is 15.2 Å². The largest absolute Gasteiger partial charge is 0.450 e. The summed E-state index contributed by atoms with van der Waals surface area (Å²) in [6.07, 6.45) is 3.72. The van der Waals surface area contributed by atoms with Crippen LogP contribution in [0.15, 0.2) is 6.20 Å². The Morgan fingerprint density at radius 2 is 2.04 bits per heavy atom.